The van der Waals surface area contributed by atoms with Gasteiger partial charge in [-0.05, 0) is 26.2 Å². The fourth-order valence-corrected chi connectivity index (χ4v) is 4.46. The molecule has 3 aromatic rings. The minimum atomic E-state index is 0.293. The average molecular weight is 383 g/mol. The summed E-state index contributed by atoms with van der Waals surface area (Å²) in [5.74, 6) is 1.05. The van der Waals surface area contributed by atoms with E-state index in [1.807, 2.05) is 31.3 Å². The summed E-state index contributed by atoms with van der Waals surface area (Å²) in [7, 11) is 0. The molecule has 0 aliphatic carbocycles. The largest absolute Gasteiger partial charge is 0.347 e. The van der Waals surface area contributed by atoms with Gasteiger partial charge in [-0.1, -0.05) is 48.6 Å². The number of aryl methyl sites for hydroxylation is 1. The summed E-state index contributed by atoms with van der Waals surface area (Å²) in [4.78, 5) is 10.2. The molecule has 6 nitrogen and oxygen atoms in total. The number of piperidine rings is 1. The lowest BCUT2D eigenvalue weighted by molar-refractivity contribution is 0.357. The molecule has 1 fully saturated rings. The maximum Gasteiger partial charge on any atom is 0.208 e. The number of hydrogen-bond donors (Lipinski definition) is 2. The van der Waals surface area contributed by atoms with Gasteiger partial charge in [0.25, 0.3) is 0 Å². The van der Waals surface area contributed by atoms with E-state index in [1.165, 1.54) is 0 Å². The molecule has 0 saturated carbocycles. The van der Waals surface area contributed by atoms with Crippen LogP contribution in [0.1, 0.15) is 43.7 Å². The van der Waals surface area contributed by atoms with Crippen molar-refractivity contribution in [1.82, 2.24) is 25.5 Å². The van der Waals surface area contributed by atoms with E-state index in [2.05, 4.69) is 49.4 Å². The number of nitrogens with one attached hydrogen (secondary N) is 2. The number of nitrogens with zero attached hydrogens (tertiary/aromatic N) is 4. The molecule has 4 rings (SSSR count). The third kappa shape index (κ3) is 4.20. The van der Waals surface area contributed by atoms with Gasteiger partial charge < -0.3 is 15.2 Å². The summed E-state index contributed by atoms with van der Waals surface area (Å²) in [5, 5.41) is 14.6. The Morgan fingerprint density at radius 1 is 1.22 bits per heavy atom. The van der Waals surface area contributed by atoms with Gasteiger partial charge in [-0.2, -0.15) is 0 Å². The molecule has 1 aliphatic heterocycles. The third-order valence-corrected chi connectivity index (χ3v) is 6.13. The molecule has 1 aliphatic rings. The summed E-state index contributed by atoms with van der Waals surface area (Å²) < 4.78 is 0. The summed E-state index contributed by atoms with van der Waals surface area (Å²) in [6, 6.07) is 11.1. The molecule has 3 heterocycles. The van der Waals surface area contributed by atoms with E-state index in [-0.39, 0.29) is 0 Å². The van der Waals surface area contributed by atoms with E-state index < -0.39 is 0 Å². The van der Waals surface area contributed by atoms with Gasteiger partial charge in [-0.15, -0.1) is 10.2 Å². The Labute approximate surface area is 164 Å². The zero-order valence-electron chi connectivity index (χ0n) is 15.9. The van der Waals surface area contributed by atoms with E-state index in [9.17, 15) is 0 Å². The Bertz CT molecular complexity index is 850. The minimum absolute atomic E-state index is 0.293. The fraction of sp³-hybridized carbons (Fsp3) is 0.450. The normalized spacial score (nSPS) is 16.6. The van der Waals surface area contributed by atoms with Crippen LogP contribution >= 0.6 is 11.3 Å². The first kappa shape index (κ1) is 18.1. The second-order valence-corrected chi connectivity index (χ2v) is 8.05. The maximum atomic E-state index is 4.50. The monoisotopic (exact) mass is 382 g/mol. The number of H-pyrrole nitrogens is 1. The van der Waals surface area contributed by atoms with Crippen LogP contribution in [0.2, 0.25) is 0 Å². The highest BCUT2D eigenvalue weighted by Gasteiger charge is 2.24. The highest BCUT2D eigenvalue weighted by molar-refractivity contribution is 7.18. The van der Waals surface area contributed by atoms with Crippen LogP contribution in [0, 0.1) is 6.92 Å². The second-order valence-electron chi connectivity index (χ2n) is 7.10. The predicted molar refractivity (Wildman–Crippen MR) is 110 cm³/mol. The smallest absolute Gasteiger partial charge is 0.208 e. The zero-order chi connectivity index (χ0) is 18.6. The number of aromatic nitrogens is 4. The van der Waals surface area contributed by atoms with Crippen molar-refractivity contribution in [3.63, 3.8) is 0 Å². The van der Waals surface area contributed by atoms with Crippen molar-refractivity contribution in [3.05, 3.63) is 48.0 Å². The lowest BCUT2D eigenvalue weighted by atomic mass is 10.0. The summed E-state index contributed by atoms with van der Waals surface area (Å²) in [6.07, 6.45) is 5.15. The van der Waals surface area contributed by atoms with Crippen molar-refractivity contribution in [1.29, 1.82) is 0 Å². The van der Waals surface area contributed by atoms with Crippen molar-refractivity contribution in [2.24, 2.45) is 0 Å². The van der Waals surface area contributed by atoms with Crippen molar-refractivity contribution in [2.75, 3.05) is 18.0 Å². The highest BCUT2D eigenvalue weighted by atomic mass is 32.1. The van der Waals surface area contributed by atoms with E-state index in [4.69, 9.17) is 0 Å². The minimum Gasteiger partial charge on any atom is -0.347 e. The van der Waals surface area contributed by atoms with Crippen LogP contribution in [0.25, 0.3) is 10.6 Å². The molecule has 142 valence electrons. The molecule has 0 bridgehead atoms. The summed E-state index contributed by atoms with van der Waals surface area (Å²) >= 11 is 1.68. The molecule has 1 atom stereocenters. The lowest BCUT2D eigenvalue weighted by Gasteiger charge is -2.33. The standard InChI is InChI=1S/C20H26N6S/c1-3-17(18-21-13-14(2)22-18)23-16-9-11-26(12-10-16)20-25-24-19(27-20)15-7-5-4-6-8-15/h4-8,13,16-17,23H,3,9-12H2,1-2H3,(H,21,22)/t17-/m1/s1. The molecule has 2 aromatic heterocycles. The number of aromatic amines is 1. The van der Waals surface area contributed by atoms with E-state index in [0.717, 1.165) is 59.6 Å². The second kappa shape index (κ2) is 8.19. The Kier molecular flexibility index (Phi) is 5.50. The molecule has 2 N–H and O–H groups in total. The van der Waals surface area contributed by atoms with Crippen LogP contribution in [0.4, 0.5) is 5.13 Å². The molecule has 0 unspecified atom stereocenters. The fourth-order valence-electron chi connectivity index (χ4n) is 3.56. The van der Waals surface area contributed by atoms with Gasteiger partial charge in [-0.25, -0.2) is 4.98 Å². The first-order valence-electron chi connectivity index (χ1n) is 9.64. The molecule has 27 heavy (non-hydrogen) atoms. The number of anilines is 1. The maximum absolute atomic E-state index is 4.50. The molecule has 0 radical (unpaired) electrons. The predicted octanol–water partition coefficient (Wildman–Crippen LogP) is 3.95. The van der Waals surface area contributed by atoms with Crippen LogP contribution in [-0.4, -0.2) is 39.3 Å². The molecular weight excluding hydrogens is 356 g/mol. The molecule has 1 aromatic carbocycles. The quantitative estimate of drug-likeness (QED) is 0.676. The first-order valence-corrected chi connectivity index (χ1v) is 10.5. The van der Waals surface area contributed by atoms with E-state index >= 15 is 0 Å². The highest BCUT2D eigenvalue weighted by Crippen LogP contribution is 2.30. The van der Waals surface area contributed by atoms with Crippen LogP contribution in [-0.2, 0) is 0 Å². The summed E-state index contributed by atoms with van der Waals surface area (Å²) in [5.41, 5.74) is 2.25. The van der Waals surface area contributed by atoms with Crippen molar-refractivity contribution in [3.8, 4) is 10.6 Å². The Morgan fingerprint density at radius 3 is 2.67 bits per heavy atom. The van der Waals surface area contributed by atoms with Crippen LogP contribution in [0.15, 0.2) is 36.5 Å². The molecule has 0 amide bonds. The topological polar surface area (TPSA) is 69.7 Å². The van der Waals surface area contributed by atoms with Gasteiger partial charge in [-0.3, -0.25) is 0 Å². The SMILES string of the molecule is CC[C@@H](NC1CCN(c2nnc(-c3ccccc3)s2)CC1)c1ncc(C)[nH]1. The Hall–Kier alpha value is -2.25. The lowest BCUT2D eigenvalue weighted by Crippen LogP contribution is -2.43. The van der Waals surface area contributed by atoms with Gasteiger partial charge in [0.2, 0.25) is 5.13 Å². The van der Waals surface area contributed by atoms with Gasteiger partial charge in [0, 0.05) is 36.6 Å². The molecular formula is C20H26N6S. The first-order chi connectivity index (χ1) is 13.2. The summed E-state index contributed by atoms with van der Waals surface area (Å²) in [6.45, 7) is 6.27. The van der Waals surface area contributed by atoms with Crippen LogP contribution in [0.5, 0.6) is 0 Å². The zero-order valence-corrected chi connectivity index (χ0v) is 16.7. The van der Waals surface area contributed by atoms with Crippen molar-refractivity contribution >= 4 is 16.5 Å². The molecule has 7 heteroatoms. The molecule has 0 spiro atoms. The van der Waals surface area contributed by atoms with Gasteiger partial charge in [0.05, 0.1) is 6.04 Å². The van der Waals surface area contributed by atoms with Crippen molar-refractivity contribution in [2.45, 2.75) is 45.2 Å². The Morgan fingerprint density at radius 2 is 2.00 bits per heavy atom. The van der Waals surface area contributed by atoms with Gasteiger partial charge in [0.1, 0.15) is 10.8 Å². The number of imidazole rings is 1. The van der Waals surface area contributed by atoms with Crippen LogP contribution in [0.3, 0.4) is 0 Å². The van der Waals surface area contributed by atoms with Gasteiger partial charge in [0.15, 0.2) is 0 Å². The third-order valence-electron chi connectivity index (χ3n) is 5.10. The Balaban J connectivity index is 1.34. The van der Waals surface area contributed by atoms with Gasteiger partial charge >= 0.3 is 0 Å². The number of rotatable bonds is 6. The van der Waals surface area contributed by atoms with Crippen molar-refractivity contribution < 1.29 is 0 Å². The van der Waals surface area contributed by atoms with E-state index in [0.29, 0.717) is 12.1 Å². The molecule has 1 saturated heterocycles. The van der Waals surface area contributed by atoms with E-state index in [1.54, 1.807) is 11.3 Å². The number of hydrogen-bond acceptors (Lipinski definition) is 6. The average Bonchev–Trinajstić information content (AvgIpc) is 3.37. The van der Waals surface area contributed by atoms with Crippen LogP contribution < -0.4 is 10.2 Å². The number of benzene rings is 1.